The minimum Gasteiger partial charge on any atom is -0.375 e. The minimum absolute atomic E-state index is 0.0737. The van der Waals surface area contributed by atoms with E-state index in [-0.39, 0.29) is 17.6 Å². The predicted octanol–water partition coefficient (Wildman–Crippen LogP) is 1.28. The molecule has 1 saturated carbocycles. The molecule has 0 radical (unpaired) electrons. The molecule has 2 heterocycles. The highest BCUT2D eigenvalue weighted by Gasteiger charge is 2.44. The molecule has 2 atom stereocenters. The summed E-state index contributed by atoms with van der Waals surface area (Å²) in [5, 5.41) is 3.28. The first-order chi connectivity index (χ1) is 8.77. The van der Waals surface area contributed by atoms with E-state index in [4.69, 9.17) is 9.47 Å². The Morgan fingerprint density at radius 2 is 2.22 bits per heavy atom. The molecule has 4 heteroatoms. The summed E-state index contributed by atoms with van der Waals surface area (Å²) in [4.78, 5) is 12.3. The standard InChI is InChI=1S/C14H23NO3/c16-13(8-12-10-15-5-7-17-12)11-2-6-18-14(9-11)3-1-4-14/h11-12,15H,1-10H2. The molecule has 2 saturated heterocycles. The van der Waals surface area contributed by atoms with Crippen molar-refractivity contribution in [2.75, 3.05) is 26.3 Å². The van der Waals surface area contributed by atoms with Crippen LogP contribution in [0.1, 0.15) is 38.5 Å². The number of morpholine rings is 1. The molecule has 0 aromatic rings. The van der Waals surface area contributed by atoms with Gasteiger partial charge in [0.2, 0.25) is 0 Å². The van der Waals surface area contributed by atoms with Crippen molar-refractivity contribution in [2.24, 2.45) is 5.92 Å². The molecule has 4 nitrogen and oxygen atoms in total. The Hall–Kier alpha value is -0.450. The van der Waals surface area contributed by atoms with Gasteiger partial charge in [-0.25, -0.2) is 0 Å². The zero-order valence-electron chi connectivity index (χ0n) is 11.0. The lowest BCUT2D eigenvalue weighted by Gasteiger charge is -2.47. The van der Waals surface area contributed by atoms with E-state index in [9.17, 15) is 4.79 Å². The summed E-state index contributed by atoms with van der Waals surface area (Å²) in [5.74, 6) is 0.600. The monoisotopic (exact) mass is 253 g/mol. The van der Waals surface area contributed by atoms with Crippen LogP contribution in [0.2, 0.25) is 0 Å². The molecule has 1 N–H and O–H groups in total. The molecule has 1 aliphatic carbocycles. The lowest BCUT2D eigenvalue weighted by molar-refractivity contribution is -0.157. The van der Waals surface area contributed by atoms with Gasteiger partial charge in [0.25, 0.3) is 0 Å². The first kappa shape index (κ1) is 12.6. The highest BCUT2D eigenvalue weighted by atomic mass is 16.5. The molecule has 102 valence electrons. The third kappa shape index (κ3) is 2.60. The molecule has 0 aromatic heterocycles. The second kappa shape index (κ2) is 5.27. The molecular formula is C14H23NO3. The van der Waals surface area contributed by atoms with Gasteiger partial charge < -0.3 is 14.8 Å². The summed E-state index contributed by atoms with van der Waals surface area (Å²) >= 11 is 0. The number of rotatable bonds is 3. The van der Waals surface area contributed by atoms with Crippen molar-refractivity contribution >= 4 is 5.78 Å². The summed E-state index contributed by atoms with van der Waals surface area (Å²) in [6, 6.07) is 0. The highest BCUT2D eigenvalue weighted by molar-refractivity contribution is 5.81. The van der Waals surface area contributed by atoms with E-state index in [0.29, 0.717) is 12.2 Å². The fourth-order valence-electron chi connectivity index (χ4n) is 3.36. The van der Waals surface area contributed by atoms with Gasteiger partial charge in [-0.15, -0.1) is 0 Å². The van der Waals surface area contributed by atoms with Crippen LogP contribution in [0.4, 0.5) is 0 Å². The molecule has 3 fully saturated rings. The second-order valence-corrected chi connectivity index (χ2v) is 5.94. The molecule has 2 aliphatic heterocycles. The summed E-state index contributed by atoms with van der Waals surface area (Å²) in [6.45, 7) is 3.22. The van der Waals surface area contributed by atoms with Crippen molar-refractivity contribution in [1.82, 2.24) is 5.32 Å². The molecule has 3 rings (SSSR count). The Balaban J connectivity index is 1.51. The quantitative estimate of drug-likeness (QED) is 0.823. The van der Waals surface area contributed by atoms with Gasteiger partial charge >= 0.3 is 0 Å². The van der Waals surface area contributed by atoms with E-state index < -0.39 is 0 Å². The van der Waals surface area contributed by atoms with Gasteiger partial charge in [-0.05, 0) is 32.1 Å². The largest absolute Gasteiger partial charge is 0.375 e. The number of carbonyl (C=O) groups excluding carboxylic acids is 1. The Labute approximate surface area is 108 Å². The molecule has 0 amide bonds. The molecule has 18 heavy (non-hydrogen) atoms. The smallest absolute Gasteiger partial charge is 0.138 e. The molecule has 1 spiro atoms. The molecule has 0 bridgehead atoms. The summed E-state index contributed by atoms with van der Waals surface area (Å²) in [6.07, 6.45) is 6.08. The zero-order chi connectivity index (χ0) is 12.4. The Kier molecular flexibility index (Phi) is 3.68. The number of hydrogen-bond acceptors (Lipinski definition) is 4. The van der Waals surface area contributed by atoms with E-state index in [1.807, 2.05) is 0 Å². The summed E-state index contributed by atoms with van der Waals surface area (Å²) < 4.78 is 11.5. The Bertz CT molecular complexity index is 308. The first-order valence-electron chi connectivity index (χ1n) is 7.26. The maximum absolute atomic E-state index is 12.3. The van der Waals surface area contributed by atoms with Crippen LogP contribution in [-0.4, -0.2) is 43.8 Å². The van der Waals surface area contributed by atoms with Gasteiger partial charge in [0.05, 0.1) is 18.3 Å². The maximum atomic E-state index is 12.3. The van der Waals surface area contributed by atoms with Crippen molar-refractivity contribution < 1.29 is 14.3 Å². The van der Waals surface area contributed by atoms with Crippen LogP contribution in [0.3, 0.4) is 0 Å². The van der Waals surface area contributed by atoms with E-state index in [0.717, 1.165) is 52.0 Å². The average Bonchev–Trinajstić information content (AvgIpc) is 2.38. The molecular weight excluding hydrogens is 230 g/mol. The second-order valence-electron chi connectivity index (χ2n) is 5.94. The predicted molar refractivity (Wildman–Crippen MR) is 67.5 cm³/mol. The number of nitrogens with one attached hydrogen (secondary N) is 1. The number of ether oxygens (including phenoxy) is 2. The van der Waals surface area contributed by atoms with Crippen LogP contribution in [0.5, 0.6) is 0 Å². The number of carbonyl (C=O) groups is 1. The van der Waals surface area contributed by atoms with Crippen molar-refractivity contribution in [2.45, 2.75) is 50.2 Å². The topological polar surface area (TPSA) is 47.6 Å². The third-order valence-electron chi connectivity index (χ3n) is 4.65. The molecule has 3 aliphatic rings. The van der Waals surface area contributed by atoms with Crippen LogP contribution in [0.15, 0.2) is 0 Å². The van der Waals surface area contributed by atoms with Gasteiger partial charge in [0, 0.05) is 32.0 Å². The first-order valence-corrected chi connectivity index (χ1v) is 7.26. The van der Waals surface area contributed by atoms with Gasteiger partial charge in [-0.1, -0.05) is 0 Å². The van der Waals surface area contributed by atoms with Crippen molar-refractivity contribution in [3.05, 3.63) is 0 Å². The van der Waals surface area contributed by atoms with E-state index in [1.165, 1.54) is 6.42 Å². The molecule has 0 aromatic carbocycles. The fourth-order valence-corrected chi connectivity index (χ4v) is 3.36. The summed E-state index contributed by atoms with van der Waals surface area (Å²) in [5.41, 5.74) is 0.0737. The van der Waals surface area contributed by atoms with E-state index in [2.05, 4.69) is 5.32 Å². The normalized spacial score (nSPS) is 35.1. The van der Waals surface area contributed by atoms with Crippen LogP contribution in [0.25, 0.3) is 0 Å². The van der Waals surface area contributed by atoms with Gasteiger partial charge in [-0.2, -0.15) is 0 Å². The van der Waals surface area contributed by atoms with E-state index >= 15 is 0 Å². The lowest BCUT2D eigenvalue weighted by Crippen LogP contribution is -2.48. The number of hydrogen-bond donors (Lipinski definition) is 1. The van der Waals surface area contributed by atoms with Crippen LogP contribution in [0, 0.1) is 5.92 Å². The van der Waals surface area contributed by atoms with Gasteiger partial charge in [0.15, 0.2) is 0 Å². The number of ketones is 1. The van der Waals surface area contributed by atoms with Crippen LogP contribution in [-0.2, 0) is 14.3 Å². The Morgan fingerprint density at radius 1 is 1.33 bits per heavy atom. The molecule has 2 unspecified atom stereocenters. The van der Waals surface area contributed by atoms with Crippen molar-refractivity contribution in [3.63, 3.8) is 0 Å². The Morgan fingerprint density at radius 3 is 2.89 bits per heavy atom. The van der Waals surface area contributed by atoms with Gasteiger partial charge in [0.1, 0.15) is 5.78 Å². The number of Topliss-reactive ketones (excluding diaryl/α,β-unsaturated/α-hetero) is 1. The maximum Gasteiger partial charge on any atom is 0.138 e. The third-order valence-corrected chi connectivity index (χ3v) is 4.65. The van der Waals surface area contributed by atoms with Crippen molar-refractivity contribution in [1.29, 1.82) is 0 Å². The van der Waals surface area contributed by atoms with Gasteiger partial charge in [-0.3, -0.25) is 4.79 Å². The zero-order valence-corrected chi connectivity index (χ0v) is 11.0. The minimum atomic E-state index is 0.0737. The van der Waals surface area contributed by atoms with Crippen LogP contribution < -0.4 is 5.32 Å². The van der Waals surface area contributed by atoms with Crippen LogP contribution >= 0.6 is 0 Å². The summed E-state index contributed by atoms with van der Waals surface area (Å²) in [7, 11) is 0. The lowest BCUT2D eigenvalue weighted by atomic mass is 9.71. The SMILES string of the molecule is O=C(CC1CNCCO1)C1CCOC2(CCC2)C1. The average molecular weight is 253 g/mol. The fraction of sp³-hybridized carbons (Fsp3) is 0.929. The van der Waals surface area contributed by atoms with Crippen molar-refractivity contribution in [3.8, 4) is 0 Å². The highest BCUT2D eigenvalue weighted by Crippen LogP contribution is 2.44. The van der Waals surface area contributed by atoms with E-state index in [1.54, 1.807) is 0 Å².